The highest BCUT2D eigenvalue weighted by atomic mass is 32.2. The highest BCUT2D eigenvalue weighted by Crippen LogP contribution is 2.24. The van der Waals surface area contributed by atoms with E-state index in [0.29, 0.717) is 11.3 Å². The van der Waals surface area contributed by atoms with Crippen LogP contribution in [0.25, 0.3) is 0 Å². The Labute approximate surface area is 97.7 Å². The second-order valence-electron chi connectivity index (χ2n) is 4.02. The summed E-state index contributed by atoms with van der Waals surface area (Å²) in [6, 6.07) is 9.32. The lowest BCUT2D eigenvalue weighted by Gasteiger charge is -2.13. The van der Waals surface area contributed by atoms with Crippen LogP contribution in [0.3, 0.4) is 0 Å². The minimum absolute atomic E-state index is 0.452. The number of rotatable bonds is 5. The lowest BCUT2D eigenvalue weighted by molar-refractivity contribution is 0.598. The summed E-state index contributed by atoms with van der Waals surface area (Å²) in [5, 5.41) is 4.07. The predicted molar refractivity (Wildman–Crippen MR) is 69.5 cm³/mol. The van der Waals surface area contributed by atoms with Gasteiger partial charge in [-0.3, -0.25) is 0 Å². The molecular weight excluding hydrogens is 202 g/mol. The van der Waals surface area contributed by atoms with Gasteiger partial charge < -0.3 is 5.32 Å². The van der Waals surface area contributed by atoms with Crippen molar-refractivity contribution in [3.63, 3.8) is 0 Å². The van der Waals surface area contributed by atoms with Gasteiger partial charge in [0, 0.05) is 16.2 Å². The van der Waals surface area contributed by atoms with E-state index in [9.17, 15) is 0 Å². The summed E-state index contributed by atoms with van der Waals surface area (Å²) < 4.78 is 0. The Morgan fingerprint density at radius 3 is 2.20 bits per heavy atom. The Hall–Kier alpha value is -0.470. The fourth-order valence-corrected chi connectivity index (χ4v) is 2.37. The first-order chi connectivity index (χ1) is 7.13. The zero-order valence-electron chi connectivity index (χ0n) is 10.1. The zero-order valence-corrected chi connectivity index (χ0v) is 10.9. The maximum Gasteiger partial charge on any atom is 0.0291 e. The Kier molecular flexibility index (Phi) is 5.20. The maximum atomic E-state index is 3.42. The smallest absolute Gasteiger partial charge is 0.0291 e. The standard InChI is InChI=1S/C13H21NS/c1-5-14-11(4)12-6-8-13(9-7-12)15-10(2)3/h6-11,14H,5H2,1-4H3. The van der Waals surface area contributed by atoms with Crippen LogP contribution < -0.4 is 5.32 Å². The van der Waals surface area contributed by atoms with E-state index in [1.165, 1.54) is 10.5 Å². The summed E-state index contributed by atoms with van der Waals surface area (Å²) in [6.07, 6.45) is 0. The average Bonchev–Trinajstić information content (AvgIpc) is 2.18. The van der Waals surface area contributed by atoms with Gasteiger partial charge in [0.2, 0.25) is 0 Å². The fraction of sp³-hybridized carbons (Fsp3) is 0.538. The molecular formula is C13H21NS. The Morgan fingerprint density at radius 2 is 1.73 bits per heavy atom. The van der Waals surface area contributed by atoms with Crippen LogP contribution in [0, 0.1) is 0 Å². The molecule has 1 aromatic carbocycles. The number of thioether (sulfide) groups is 1. The predicted octanol–water partition coefficient (Wildman–Crippen LogP) is 3.86. The minimum atomic E-state index is 0.452. The lowest BCUT2D eigenvalue weighted by Crippen LogP contribution is -2.17. The molecule has 1 rings (SSSR count). The van der Waals surface area contributed by atoms with Crippen molar-refractivity contribution in [3.8, 4) is 0 Å². The summed E-state index contributed by atoms with van der Waals surface area (Å²) >= 11 is 1.91. The first kappa shape index (κ1) is 12.6. The molecule has 1 unspecified atom stereocenters. The summed E-state index contributed by atoms with van der Waals surface area (Å²) in [5.41, 5.74) is 1.37. The third kappa shape index (κ3) is 4.27. The van der Waals surface area contributed by atoms with Crippen LogP contribution in [-0.2, 0) is 0 Å². The molecule has 0 aliphatic heterocycles. The van der Waals surface area contributed by atoms with Gasteiger partial charge in [0.15, 0.2) is 0 Å². The van der Waals surface area contributed by atoms with Gasteiger partial charge in [0.05, 0.1) is 0 Å². The van der Waals surface area contributed by atoms with Crippen molar-refractivity contribution in [2.45, 2.75) is 43.9 Å². The van der Waals surface area contributed by atoms with Crippen LogP contribution in [-0.4, -0.2) is 11.8 Å². The van der Waals surface area contributed by atoms with Crippen molar-refractivity contribution in [1.82, 2.24) is 5.32 Å². The molecule has 0 aromatic heterocycles. The SMILES string of the molecule is CCNC(C)c1ccc(SC(C)C)cc1. The van der Waals surface area contributed by atoms with Crippen LogP contribution in [0.5, 0.6) is 0 Å². The van der Waals surface area contributed by atoms with Gasteiger partial charge in [-0.15, -0.1) is 11.8 Å². The third-order valence-electron chi connectivity index (χ3n) is 2.26. The van der Waals surface area contributed by atoms with Crippen molar-refractivity contribution < 1.29 is 0 Å². The first-order valence-electron chi connectivity index (χ1n) is 5.63. The van der Waals surface area contributed by atoms with Crippen LogP contribution in [0.2, 0.25) is 0 Å². The van der Waals surface area contributed by atoms with E-state index in [4.69, 9.17) is 0 Å². The summed E-state index contributed by atoms with van der Waals surface area (Å²) in [6.45, 7) is 9.80. The van der Waals surface area contributed by atoms with Gasteiger partial charge in [0.1, 0.15) is 0 Å². The summed E-state index contributed by atoms with van der Waals surface area (Å²) in [5.74, 6) is 0. The third-order valence-corrected chi connectivity index (χ3v) is 3.28. The Bertz CT molecular complexity index is 279. The Balaban J connectivity index is 2.63. The van der Waals surface area contributed by atoms with Crippen LogP contribution >= 0.6 is 11.8 Å². The van der Waals surface area contributed by atoms with E-state index in [2.05, 4.69) is 57.3 Å². The fourth-order valence-electron chi connectivity index (χ4n) is 1.53. The van der Waals surface area contributed by atoms with Gasteiger partial charge in [0.25, 0.3) is 0 Å². The molecule has 0 saturated carbocycles. The molecule has 0 aliphatic rings. The molecule has 1 aromatic rings. The highest BCUT2D eigenvalue weighted by molar-refractivity contribution is 7.99. The molecule has 2 heteroatoms. The molecule has 15 heavy (non-hydrogen) atoms. The van der Waals surface area contributed by atoms with E-state index in [0.717, 1.165) is 6.54 Å². The second kappa shape index (κ2) is 6.19. The number of benzene rings is 1. The van der Waals surface area contributed by atoms with Gasteiger partial charge >= 0.3 is 0 Å². The lowest BCUT2D eigenvalue weighted by atomic mass is 10.1. The summed E-state index contributed by atoms with van der Waals surface area (Å²) in [4.78, 5) is 1.36. The van der Waals surface area contributed by atoms with Crippen LogP contribution in [0.4, 0.5) is 0 Å². The monoisotopic (exact) mass is 223 g/mol. The molecule has 1 atom stereocenters. The van der Waals surface area contributed by atoms with Crippen LogP contribution in [0.1, 0.15) is 39.3 Å². The number of nitrogens with one attached hydrogen (secondary N) is 1. The molecule has 1 N–H and O–H groups in total. The van der Waals surface area contributed by atoms with Crippen LogP contribution in [0.15, 0.2) is 29.2 Å². The van der Waals surface area contributed by atoms with E-state index < -0.39 is 0 Å². The zero-order chi connectivity index (χ0) is 11.3. The summed E-state index contributed by atoms with van der Waals surface area (Å²) in [7, 11) is 0. The Morgan fingerprint density at radius 1 is 1.13 bits per heavy atom. The maximum absolute atomic E-state index is 3.42. The highest BCUT2D eigenvalue weighted by Gasteiger charge is 2.03. The molecule has 0 spiro atoms. The van der Waals surface area contributed by atoms with Crippen molar-refractivity contribution in [2.75, 3.05) is 6.54 Å². The van der Waals surface area contributed by atoms with E-state index in [1.807, 2.05) is 11.8 Å². The van der Waals surface area contributed by atoms with E-state index in [1.54, 1.807) is 0 Å². The van der Waals surface area contributed by atoms with Crippen molar-refractivity contribution in [1.29, 1.82) is 0 Å². The molecule has 0 amide bonds. The number of hydrogen-bond acceptors (Lipinski definition) is 2. The first-order valence-corrected chi connectivity index (χ1v) is 6.51. The topological polar surface area (TPSA) is 12.0 Å². The second-order valence-corrected chi connectivity index (χ2v) is 5.66. The van der Waals surface area contributed by atoms with Gasteiger partial charge in [-0.25, -0.2) is 0 Å². The van der Waals surface area contributed by atoms with Crippen molar-refractivity contribution in [2.24, 2.45) is 0 Å². The van der Waals surface area contributed by atoms with Gasteiger partial charge in [-0.1, -0.05) is 32.9 Å². The molecule has 1 nitrogen and oxygen atoms in total. The molecule has 0 saturated heterocycles. The van der Waals surface area contributed by atoms with Crippen molar-refractivity contribution >= 4 is 11.8 Å². The molecule has 0 aliphatic carbocycles. The molecule has 0 bridgehead atoms. The van der Waals surface area contributed by atoms with Gasteiger partial charge in [-0.2, -0.15) is 0 Å². The average molecular weight is 223 g/mol. The quantitative estimate of drug-likeness (QED) is 0.761. The number of hydrogen-bond donors (Lipinski definition) is 1. The van der Waals surface area contributed by atoms with Crippen molar-refractivity contribution in [3.05, 3.63) is 29.8 Å². The molecule has 84 valence electrons. The molecule has 0 fully saturated rings. The largest absolute Gasteiger partial charge is 0.310 e. The van der Waals surface area contributed by atoms with E-state index in [-0.39, 0.29) is 0 Å². The molecule has 0 heterocycles. The van der Waals surface area contributed by atoms with Gasteiger partial charge in [-0.05, 0) is 31.2 Å². The molecule has 0 radical (unpaired) electrons. The van der Waals surface area contributed by atoms with E-state index >= 15 is 0 Å². The normalized spacial score (nSPS) is 13.1. The minimum Gasteiger partial charge on any atom is -0.310 e.